The molecule has 0 bridgehead atoms. The highest BCUT2D eigenvalue weighted by molar-refractivity contribution is 5.99. The predicted molar refractivity (Wildman–Crippen MR) is 76.5 cm³/mol. The van der Waals surface area contributed by atoms with Gasteiger partial charge in [-0.05, 0) is 12.1 Å². The number of carbonyl (C=O) groups excluding carboxylic acids is 1. The first-order valence-electron chi connectivity index (χ1n) is 6.23. The Hall–Kier alpha value is -2.26. The zero-order valence-corrected chi connectivity index (χ0v) is 11.8. The number of hydrogen-bond donors (Lipinski definition) is 1. The molecule has 2 N–H and O–H groups in total. The van der Waals surface area contributed by atoms with Crippen LogP contribution in [0.3, 0.4) is 0 Å². The molecule has 1 aromatic rings. The standard InChI is InChI=1S/C14H19N3O3/c1-19-10-9-17(8-4-7-15)13-11(14(18)20-2)5-3-6-12(13)16/h3,5-6H,4,8-10,16H2,1-2H3. The molecule has 0 unspecified atom stereocenters. The lowest BCUT2D eigenvalue weighted by atomic mass is 10.1. The second kappa shape index (κ2) is 8.02. The maximum absolute atomic E-state index is 11.8. The minimum absolute atomic E-state index is 0.332. The van der Waals surface area contributed by atoms with E-state index in [1.807, 2.05) is 4.90 Å². The molecule has 0 saturated carbocycles. The summed E-state index contributed by atoms with van der Waals surface area (Å²) in [6.07, 6.45) is 0.332. The van der Waals surface area contributed by atoms with Gasteiger partial charge in [-0.25, -0.2) is 4.79 Å². The van der Waals surface area contributed by atoms with Crippen molar-refractivity contribution in [2.45, 2.75) is 6.42 Å². The zero-order chi connectivity index (χ0) is 15.0. The molecule has 0 fully saturated rings. The molecular weight excluding hydrogens is 258 g/mol. The molecule has 0 spiro atoms. The van der Waals surface area contributed by atoms with Crippen LogP contribution in [-0.4, -0.2) is 39.9 Å². The summed E-state index contributed by atoms with van der Waals surface area (Å²) in [4.78, 5) is 13.7. The third-order valence-corrected chi connectivity index (χ3v) is 2.85. The molecule has 1 rings (SSSR count). The fraction of sp³-hybridized carbons (Fsp3) is 0.429. The van der Waals surface area contributed by atoms with Crippen LogP contribution >= 0.6 is 0 Å². The van der Waals surface area contributed by atoms with Gasteiger partial charge in [-0.15, -0.1) is 0 Å². The van der Waals surface area contributed by atoms with Gasteiger partial charge in [0.2, 0.25) is 0 Å². The monoisotopic (exact) mass is 277 g/mol. The Morgan fingerprint density at radius 1 is 1.40 bits per heavy atom. The van der Waals surface area contributed by atoms with Crippen LogP contribution in [0.4, 0.5) is 11.4 Å². The third kappa shape index (κ3) is 3.87. The van der Waals surface area contributed by atoms with Crippen molar-refractivity contribution in [2.75, 3.05) is 44.5 Å². The number of para-hydroxylation sites is 1. The molecule has 0 saturated heterocycles. The van der Waals surface area contributed by atoms with Crippen molar-refractivity contribution >= 4 is 17.3 Å². The van der Waals surface area contributed by atoms with Gasteiger partial charge in [-0.1, -0.05) is 6.07 Å². The van der Waals surface area contributed by atoms with Gasteiger partial charge in [0.1, 0.15) is 0 Å². The average molecular weight is 277 g/mol. The van der Waals surface area contributed by atoms with E-state index in [0.717, 1.165) is 0 Å². The van der Waals surface area contributed by atoms with Crippen molar-refractivity contribution in [3.05, 3.63) is 23.8 Å². The van der Waals surface area contributed by atoms with E-state index in [2.05, 4.69) is 6.07 Å². The van der Waals surface area contributed by atoms with E-state index in [1.165, 1.54) is 7.11 Å². The van der Waals surface area contributed by atoms with Gasteiger partial charge >= 0.3 is 5.97 Å². The number of carbonyl (C=O) groups is 1. The molecule has 0 amide bonds. The van der Waals surface area contributed by atoms with Crippen LogP contribution in [-0.2, 0) is 9.47 Å². The molecule has 0 atom stereocenters. The van der Waals surface area contributed by atoms with Crippen LogP contribution in [0.15, 0.2) is 18.2 Å². The molecule has 0 heterocycles. The van der Waals surface area contributed by atoms with Crippen molar-refractivity contribution in [3.63, 3.8) is 0 Å². The predicted octanol–water partition coefficient (Wildman–Crippen LogP) is 1.42. The summed E-state index contributed by atoms with van der Waals surface area (Å²) in [6.45, 7) is 1.48. The summed E-state index contributed by atoms with van der Waals surface area (Å²) in [5, 5.41) is 8.75. The highest BCUT2D eigenvalue weighted by Gasteiger charge is 2.19. The normalized spacial score (nSPS) is 9.85. The summed E-state index contributed by atoms with van der Waals surface area (Å²) < 4.78 is 9.83. The number of nitrogen functional groups attached to an aromatic ring is 1. The van der Waals surface area contributed by atoms with Crippen molar-refractivity contribution in [3.8, 4) is 6.07 Å². The molecule has 0 aliphatic heterocycles. The first-order valence-corrected chi connectivity index (χ1v) is 6.23. The largest absolute Gasteiger partial charge is 0.465 e. The van der Waals surface area contributed by atoms with Crippen LogP contribution in [0.1, 0.15) is 16.8 Å². The van der Waals surface area contributed by atoms with E-state index < -0.39 is 5.97 Å². The highest BCUT2D eigenvalue weighted by Crippen LogP contribution is 2.28. The highest BCUT2D eigenvalue weighted by atomic mass is 16.5. The summed E-state index contributed by atoms with van der Waals surface area (Å²) >= 11 is 0. The second-order valence-corrected chi connectivity index (χ2v) is 4.12. The lowest BCUT2D eigenvalue weighted by Crippen LogP contribution is -2.30. The fourth-order valence-corrected chi connectivity index (χ4v) is 1.91. The average Bonchev–Trinajstić information content (AvgIpc) is 2.47. The van der Waals surface area contributed by atoms with Crippen molar-refractivity contribution in [1.82, 2.24) is 0 Å². The maximum Gasteiger partial charge on any atom is 0.340 e. The number of ether oxygens (including phenoxy) is 2. The number of methoxy groups -OCH3 is 2. The SMILES string of the molecule is COCCN(CCC#N)c1c(N)cccc1C(=O)OC. The Labute approximate surface area is 118 Å². The van der Waals surface area contributed by atoms with E-state index >= 15 is 0 Å². The number of nitrogens with zero attached hydrogens (tertiary/aromatic N) is 2. The molecule has 0 aromatic heterocycles. The Bertz CT molecular complexity index is 497. The minimum Gasteiger partial charge on any atom is -0.465 e. The van der Waals surface area contributed by atoms with E-state index in [0.29, 0.717) is 43.1 Å². The van der Waals surface area contributed by atoms with Gasteiger partial charge in [0.15, 0.2) is 0 Å². The van der Waals surface area contributed by atoms with Gasteiger partial charge in [0.05, 0.1) is 43.1 Å². The van der Waals surface area contributed by atoms with Gasteiger partial charge in [0.25, 0.3) is 0 Å². The molecule has 0 aliphatic carbocycles. The smallest absolute Gasteiger partial charge is 0.340 e. The number of esters is 1. The lowest BCUT2D eigenvalue weighted by Gasteiger charge is -2.26. The number of rotatable bonds is 7. The minimum atomic E-state index is -0.452. The van der Waals surface area contributed by atoms with E-state index in [-0.39, 0.29) is 0 Å². The van der Waals surface area contributed by atoms with E-state index in [1.54, 1.807) is 25.3 Å². The van der Waals surface area contributed by atoms with Crippen molar-refractivity contribution in [1.29, 1.82) is 5.26 Å². The molecule has 1 aromatic carbocycles. The van der Waals surface area contributed by atoms with Gasteiger partial charge in [-0.3, -0.25) is 0 Å². The van der Waals surface area contributed by atoms with Crippen LogP contribution in [0.5, 0.6) is 0 Å². The van der Waals surface area contributed by atoms with Crippen molar-refractivity contribution < 1.29 is 14.3 Å². The number of anilines is 2. The van der Waals surface area contributed by atoms with Gasteiger partial charge < -0.3 is 20.1 Å². The summed E-state index contributed by atoms with van der Waals surface area (Å²) in [7, 11) is 2.92. The quantitative estimate of drug-likeness (QED) is 0.599. The fourth-order valence-electron chi connectivity index (χ4n) is 1.91. The maximum atomic E-state index is 11.8. The molecule has 0 aliphatic rings. The van der Waals surface area contributed by atoms with E-state index in [4.69, 9.17) is 20.5 Å². The third-order valence-electron chi connectivity index (χ3n) is 2.85. The molecule has 0 radical (unpaired) electrons. The Morgan fingerprint density at radius 2 is 2.15 bits per heavy atom. The Balaban J connectivity index is 3.16. The van der Waals surface area contributed by atoms with Gasteiger partial charge in [-0.2, -0.15) is 5.26 Å². The molecule has 108 valence electrons. The van der Waals surface area contributed by atoms with Gasteiger partial charge in [0, 0.05) is 20.2 Å². The first kappa shape index (κ1) is 15.8. The molecular formula is C14H19N3O3. The van der Waals surface area contributed by atoms with Crippen molar-refractivity contribution in [2.24, 2.45) is 0 Å². The summed E-state index contributed by atoms with van der Waals surface area (Å²) in [5.41, 5.74) is 7.44. The molecule has 6 nitrogen and oxygen atoms in total. The number of hydrogen-bond acceptors (Lipinski definition) is 6. The summed E-state index contributed by atoms with van der Waals surface area (Å²) in [5.74, 6) is -0.452. The van der Waals surface area contributed by atoms with Crippen LogP contribution < -0.4 is 10.6 Å². The van der Waals surface area contributed by atoms with Crippen LogP contribution in [0.25, 0.3) is 0 Å². The second-order valence-electron chi connectivity index (χ2n) is 4.12. The summed E-state index contributed by atoms with van der Waals surface area (Å²) in [6, 6.07) is 7.16. The van der Waals surface area contributed by atoms with Crippen LogP contribution in [0, 0.1) is 11.3 Å². The topological polar surface area (TPSA) is 88.6 Å². The number of nitrogens with two attached hydrogens (primary N) is 1. The number of nitriles is 1. The zero-order valence-electron chi connectivity index (χ0n) is 11.8. The Morgan fingerprint density at radius 3 is 2.75 bits per heavy atom. The van der Waals surface area contributed by atoms with E-state index in [9.17, 15) is 4.79 Å². The number of benzene rings is 1. The lowest BCUT2D eigenvalue weighted by molar-refractivity contribution is 0.0601. The van der Waals surface area contributed by atoms with Crippen LogP contribution in [0.2, 0.25) is 0 Å². The first-order chi connectivity index (χ1) is 9.65. The molecule has 20 heavy (non-hydrogen) atoms. The Kier molecular flexibility index (Phi) is 6.33. The molecule has 6 heteroatoms.